The van der Waals surface area contributed by atoms with Gasteiger partial charge in [-0.15, -0.1) is 0 Å². The molecule has 0 N–H and O–H groups in total. The van der Waals surface area contributed by atoms with Crippen LogP contribution in [0.25, 0.3) is 0 Å². The third kappa shape index (κ3) is 6.50. The van der Waals surface area contributed by atoms with Gasteiger partial charge in [0.2, 0.25) is 0 Å². The van der Waals surface area contributed by atoms with E-state index < -0.39 is 54.0 Å². The molecule has 6 unspecified atom stereocenters. The average molecular weight is 713 g/mol. The van der Waals surface area contributed by atoms with Gasteiger partial charge in [0.1, 0.15) is 73.2 Å². The average Bonchev–Trinajstić information content (AvgIpc) is 2.98. The summed E-state index contributed by atoms with van der Waals surface area (Å²) >= 11 is 0. The van der Waals surface area contributed by atoms with Crippen molar-refractivity contribution >= 4 is 16.6 Å². The Morgan fingerprint density at radius 3 is 0.917 bits per heavy atom. The van der Waals surface area contributed by atoms with Crippen LogP contribution in [0.1, 0.15) is 41.5 Å². The van der Waals surface area contributed by atoms with E-state index in [9.17, 15) is 0 Å². The van der Waals surface area contributed by atoms with E-state index in [1.807, 2.05) is 24.3 Å². The highest BCUT2D eigenvalue weighted by atomic mass is 28.4. The lowest BCUT2D eigenvalue weighted by Gasteiger charge is -2.60. The summed E-state index contributed by atoms with van der Waals surface area (Å²) in [5, 5.41) is 0.0208. The van der Waals surface area contributed by atoms with Gasteiger partial charge in [0.25, 0.3) is 13.0 Å². The molecule has 14 atom stereocenters. The van der Waals surface area contributed by atoms with Gasteiger partial charge in [-0.3, -0.25) is 0 Å². The molecular weight excluding hydrogens is 657 g/mol. The van der Waals surface area contributed by atoms with Gasteiger partial charge in [0.05, 0.1) is 26.4 Å². The Hall–Kier alpha value is -0.566. The molecule has 7 heterocycles. The molecule has 12 nitrogen and oxygen atoms in total. The number of hydrogen-bond donors (Lipinski definition) is 0. The van der Waals surface area contributed by atoms with Crippen LogP contribution in [0.4, 0.5) is 0 Å². The van der Waals surface area contributed by atoms with Crippen LogP contribution in [-0.2, 0) is 56.2 Å². The number of rotatable bonds is 4. The van der Waals surface area contributed by atoms with E-state index >= 15 is 0 Å². The van der Waals surface area contributed by atoms with E-state index in [1.54, 1.807) is 0 Å². The van der Waals surface area contributed by atoms with Gasteiger partial charge in [-0.2, -0.15) is 0 Å². The van der Waals surface area contributed by atoms with Gasteiger partial charge in [-0.05, 0) is 36.3 Å². The maximum atomic E-state index is 6.96. The van der Waals surface area contributed by atoms with Gasteiger partial charge < -0.3 is 56.2 Å². The molecule has 2 saturated carbocycles. The van der Waals surface area contributed by atoms with Crippen molar-refractivity contribution in [2.24, 2.45) is 0 Å². The van der Waals surface area contributed by atoms with E-state index in [-0.39, 0.29) is 58.9 Å². The Morgan fingerprint density at radius 2 is 0.667 bits per heavy atom. The maximum Gasteiger partial charge on any atom is 0.272 e. The van der Waals surface area contributed by atoms with E-state index in [2.05, 4.69) is 67.7 Å². The van der Waals surface area contributed by atoms with Crippen molar-refractivity contribution in [3.8, 4) is 0 Å². The highest BCUT2D eigenvalue weighted by Gasteiger charge is 2.66. The van der Waals surface area contributed by atoms with Crippen LogP contribution in [0.3, 0.4) is 0 Å². The first-order chi connectivity index (χ1) is 22.6. The fraction of sp³-hybridized carbons (Fsp3) is 0.882. The van der Waals surface area contributed by atoms with Gasteiger partial charge in [0, 0.05) is 0 Å². The standard InChI is InChI=1S/C34H56O12Si2/c1-33(2,3)47(7,8)45-29-25-19-23-20(26(29)42-31(39-23)41-25)36-16-12-14-18-38-22-24-21(37-17-13-11-15-35-19)27-30(28(22)44-32(40-24)43-27)46-48(9,10)34(4,5)6/h11-14,19-32H,15-18H2,1-10H3/b13-11-,14-12-/t19-,20+,21+,22-,23?,24?,25+,26-,27-,28+,29?,30?,31?,32?. The van der Waals surface area contributed by atoms with Crippen LogP contribution in [0.15, 0.2) is 24.3 Å². The zero-order chi connectivity index (χ0) is 34.2. The second-order valence-electron chi connectivity index (χ2n) is 17.0. The summed E-state index contributed by atoms with van der Waals surface area (Å²) < 4.78 is 77.1. The van der Waals surface area contributed by atoms with Crippen LogP contribution in [-0.4, -0.2) is 129 Å². The van der Waals surface area contributed by atoms with E-state index in [4.69, 9.17) is 56.2 Å². The molecule has 7 aliphatic heterocycles. The molecule has 0 radical (unpaired) electrons. The first kappa shape index (κ1) is 35.8. The Morgan fingerprint density at radius 1 is 0.417 bits per heavy atom. The number of hydrogen-bond acceptors (Lipinski definition) is 12. The smallest absolute Gasteiger partial charge is 0.272 e. The van der Waals surface area contributed by atoms with Crippen molar-refractivity contribution in [3.63, 3.8) is 0 Å². The number of ether oxygens (including phenoxy) is 10. The van der Waals surface area contributed by atoms with Crippen molar-refractivity contribution in [2.45, 2.75) is 164 Å². The summed E-state index contributed by atoms with van der Waals surface area (Å²) in [5.41, 5.74) is 0. The van der Waals surface area contributed by atoms with Crippen molar-refractivity contribution in [1.82, 2.24) is 0 Å². The molecule has 0 aromatic carbocycles. The molecule has 0 aromatic heterocycles. The van der Waals surface area contributed by atoms with Crippen molar-refractivity contribution in [3.05, 3.63) is 24.3 Å². The first-order valence-electron chi connectivity index (χ1n) is 17.6. The molecule has 2 aliphatic carbocycles. The van der Waals surface area contributed by atoms with Gasteiger partial charge in [0.15, 0.2) is 16.6 Å². The predicted octanol–water partition coefficient (Wildman–Crippen LogP) is 4.39. The van der Waals surface area contributed by atoms with Crippen molar-refractivity contribution < 1.29 is 56.2 Å². The second kappa shape index (κ2) is 13.1. The van der Waals surface area contributed by atoms with Crippen LogP contribution < -0.4 is 0 Å². The Labute approximate surface area is 287 Å². The fourth-order valence-electron chi connectivity index (χ4n) is 7.13. The summed E-state index contributed by atoms with van der Waals surface area (Å²) in [5.74, 6) is 0. The van der Waals surface area contributed by atoms with Crippen molar-refractivity contribution in [1.29, 1.82) is 0 Å². The van der Waals surface area contributed by atoms with E-state index in [0.29, 0.717) is 26.4 Å². The highest BCUT2D eigenvalue weighted by molar-refractivity contribution is 6.74. The molecule has 9 rings (SSSR count). The highest BCUT2D eigenvalue weighted by Crippen LogP contribution is 2.48. The topological polar surface area (TPSA) is 111 Å². The van der Waals surface area contributed by atoms with Gasteiger partial charge in [-0.25, -0.2) is 0 Å². The molecule has 0 aromatic rings. The molecule has 48 heavy (non-hydrogen) atoms. The molecule has 8 fully saturated rings. The maximum absolute atomic E-state index is 6.96. The van der Waals surface area contributed by atoms with Gasteiger partial charge in [-0.1, -0.05) is 65.8 Å². The Kier molecular flexibility index (Phi) is 9.80. The summed E-state index contributed by atoms with van der Waals surface area (Å²) in [6.07, 6.45) is 3.58. The predicted molar refractivity (Wildman–Crippen MR) is 178 cm³/mol. The zero-order valence-corrected chi connectivity index (χ0v) is 32.1. The molecular formula is C34H56O12Si2. The summed E-state index contributed by atoms with van der Waals surface area (Å²) in [6.45, 7) is 22.2. The summed E-state index contributed by atoms with van der Waals surface area (Å²) in [6, 6.07) is 0. The fourth-order valence-corrected chi connectivity index (χ4v) is 9.74. The van der Waals surface area contributed by atoms with Crippen LogP contribution in [0, 0.1) is 0 Å². The lowest BCUT2D eigenvalue weighted by molar-refractivity contribution is -0.484. The zero-order valence-electron chi connectivity index (χ0n) is 30.1. The van der Waals surface area contributed by atoms with E-state index in [0.717, 1.165) is 0 Å². The molecule has 272 valence electrons. The largest absolute Gasteiger partial charge is 0.408 e. The molecule has 0 amide bonds. The monoisotopic (exact) mass is 712 g/mol. The van der Waals surface area contributed by atoms with Crippen LogP contribution >= 0.6 is 0 Å². The molecule has 14 heteroatoms. The summed E-state index contributed by atoms with van der Waals surface area (Å²) in [4.78, 5) is 0. The lowest BCUT2D eigenvalue weighted by Crippen LogP contribution is -2.77. The minimum Gasteiger partial charge on any atom is -0.408 e. The minimum atomic E-state index is -2.18. The Balaban J connectivity index is 1.10. The third-order valence-electron chi connectivity index (χ3n) is 11.8. The van der Waals surface area contributed by atoms with Crippen LogP contribution in [0.5, 0.6) is 0 Å². The lowest BCUT2D eigenvalue weighted by atomic mass is 9.82. The third-order valence-corrected chi connectivity index (χ3v) is 20.8. The Bertz CT molecular complexity index is 1070. The molecule has 9 aliphatic rings. The minimum absolute atomic E-state index is 0.0104. The quantitative estimate of drug-likeness (QED) is 0.305. The SMILES string of the molecule is CC(C)(C)[Si](C)(C)OC1[C@H]2OC3OC4[C@H]2OC/C=C\CO[C@H]2C5OC6O[C@H](C(O[Si](C)(C)C(C)(C)C)[C@@H]2O6)[C@@H]5OC/C=C\CO[C@@H]4[C@H]1O3. The van der Waals surface area contributed by atoms with Crippen molar-refractivity contribution in [2.75, 3.05) is 26.4 Å². The molecule has 0 spiro atoms. The van der Waals surface area contributed by atoms with E-state index in [1.165, 1.54) is 0 Å². The van der Waals surface area contributed by atoms with Gasteiger partial charge >= 0.3 is 0 Å². The second-order valence-corrected chi connectivity index (χ2v) is 26.5. The summed E-state index contributed by atoms with van der Waals surface area (Å²) in [7, 11) is -4.36. The molecule has 12 bridgehead atoms. The first-order valence-corrected chi connectivity index (χ1v) is 23.4. The molecule has 6 saturated heterocycles. The van der Waals surface area contributed by atoms with Crippen LogP contribution in [0.2, 0.25) is 36.3 Å². The normalized spacial score (nSPS) is 46.3.